The Morgan fingerprint density at radius 1 is 1.37 bits per heavy atom. The van der Waals surface area contributed by atoms with Gasteiger partial charge in [0.25, 0.3) is 0 Å². The van der Waals surface area contributed by atoms with Crippen LogP contribution in [0, 0.1) is 5.92 Å². The van der Waals surface area contributed by atoms with Gasteiger partial charge in [0.05, 0.1) is 18.7 Å². The van der Waals surface area contributed by atoms with Crippen molar-refractivity contribution in [2.45, 2.75) is 63.3 Å². The third-order valence-electron chi connectivity index (χ3n) is 4.25. The van der Waals surface area contributed by atoms with Gasteiger partial charge in [0, 0.05) is 7.11 Å². The second-order valence-corrected chi connectivity index (χ2v) is 5.72. The van der Waals surface area contributed by atoms with Crippen LogP contribution < -0.4 is 11.1 Å². The van der Waals surface area contributed by atoms with Crippen molar-refractivity contribution >= 4 is 5.91 Å². The molecule has 1 saturated carbocycles. The van der Waals surface area contributed by atoms with Gasteiger partial charge >= 0.3 is 0 Å². The predicted octanol–water partition coefficient (Wildman–Crippen LogP) is 1.16. The average molecular weight is 270 g/mol. The van der Waals surface area contributed by atoms with Crippen LogP contribution in [0.25, 0.3) is 0 Å². The van der Waals surface area contributed by atoms with Crippen molar-refractivity contribution in [3.63, 3.8) is 0 Å². The summed E-state index contributed by atoms with van der Waals surface area (Å²) in [5, 5.41) is 2.96. The SMILES string of the molecule is COC1OCC[C@@H]1NC(=O)[C@@H](N)CC1CCCCC1. The maximum atomic E-state index is 12.1. The maximum absolute atomic E-state index is 12.1. The van der Waals surface area contributed by atoms with E-state index in [0.29, 0.717) is 12.5 Å². The molecule has 5 heteroatoms. The number of carbonyl (C=O) groups is 1. The molecule has 0 radical (unpaired) electrons. The van der Waals surface area contributed by atoms with Crippen molar-refractivity contribution in [1.29, 1.82) is 0 Å². The Morgan fingerprint density at radius 2 is 2.11 bits per heavy atom. The van der Waals surface area contributed by atoms with Gasteiger partial charge in [0.2, 0.25) is 5.91 Å². The second-order valence-electron chi connectivity index (χ2n) is 5.72. The van der Waals surface area contributed by atoms with E-state index in [9.17, 15) is 4.79 Å². The molecule has 0 aromatic carbocycles. The van der Waals surface area contributed by atoms with Crippen molar-refractivity contribution in [3.05, 3.63) is 0 Å². The molecule has 1 unspecified atom stereocenters. The fourth-order valence-electron chi connectivity index (χ4n) is 3.11. The molecular weight excluding hydrogens is 244 g/mol. The lowest BCUT2D eigenvalue weighted by Crippen LogP contribution is -2.49. The first-order chi connectivity index (χ1) is 9.20. The van der Waals surface area contributed by atoms with E-state index in [-0.39, 0.29) is 18.2 Å². The Balaban J connectivity index is 1.75. The van der Waals surface area contributed by atoms with E-state index in [1.54, 1.807) is 7.11 Å². The zero-order valence-corrected chi connectivity index (χ0v) is 11.8. The highest BCUT2D eigenvalue weighted by Gasteiger charge is 2.31. The van der Waals surface area contributed by atoms with Crippen LogP contribution in [-0.2, 0) is 14.3 Å². The molecule has 1 amide bonds. The Labute approximate surface area is 115 Å². The van der Waals surface area contributed by atoms with Crippen LogP contribution in [0.1, 0.15) is 44.9 Å². The first-order valence-corrected chi connectivity index (χ1v) is 7.41. The van der Waals surface area contributed by atoms with Crippen molar-refractivity contribution < 1.29 is 14.3 Å². The summed E-state index contributed by atoms with van der Waals surface area (Å²) in [4.78, 5) is 12.1. The van der Waals surface area contributed by atoms with Crippen LogP contribution in [0.5, 0.6) is 0 Å². The molecule has 1 aliphatic carbocycles. The van der Waals surface area contributed by atoms with Crippen molar-refractivity contribution in [1.82, 2.24) is 5.32 Å². The normalized spacial score (nSPS) is 30.2. The highest BCUT2D eigenvalue weighted by atomic mass is 16.7. The lowest BCUT2D eigenvalue weighted by Gasteiger charge is -2.25. The summed E-state index contributed by atoms with van der Waals surface area (Å²) in [7, 11) is 1.59. The molecule has 19 heavy (non-hydrogen) atoms. The van der Waals surface area contributed by atoms with Gasteiger partial charge in [-0.25, -0.2) is 0 Å². The summed E-state index contributed by atoms with van der Waals surface area (Å²) in [5.74, 6) is 0.552. The van der Waals surface area contributed by atoms with Gasteiger partial charge in [-0.05, 0) is 18.8 Å². The van der Waals surface area contributed by atoms with E-state index < -0.39 is 6.04 Å². The Morgan fingerprint density at radius 3 is 2.79 bits per heavy atom. The number of rotatable bonds is 5. The minimum absolute atomic E-state index is 0.0603. The molecule has 0 spiro atoms. The van der Waals surface area contributed by atoms with Crippen molar-refractivity contribution in [2.75, 3.05) is 13.7 Å². The number of carbonyl (C=O) groups excluding carboxylic acids is 1. The van der Waals surface area contributed by atoms with E-state index in [0.717, 1.165) is 12.8 Å². The van der Waals surface area contributed by atoms with Gasteiger partial charge in [-0.3, -0.25) is 4.79 Å². The lowest BCUT2D eigenvalue weighted by atomic mass is 9.85. The number of amides is 1. The minimum atomic E-state index is -0.402. The van der Waals surface area contributed by atoms with E-state index in [2.05, 4.69) is 5.32 Å². The van der Waals surface area contributed by atoms with E-state index in [1.165, 1.54) is 32.1 Å². The summed E-state index contributed by atoms with van der Waals surface area (Å²) in [5.41, 5.74) is 6.02. The third-order valence-corrected chi connectivity index (χ3v) is 4.25. The number of nitrogens with two attached hydrogens (primary N) is 1. The Hall–Kier alpha value is -0.650. The van der Waals surface area contributed by atoms with Crippen LogP contribution in [0.15, 0.2) is 0 Å². The Bertz CT molecular complexity index is 292. The smallest absolute Gasteiger partial charge is 0.237 e. The van der Waals surface area contributed by atoms with Crippen LogP contribution in [-0.4, -0.2) is 38.0 Å². The summed E-state index contributed by atoms with van der Waals surface area (Å²) in [6.45, 7) is 0.626. The Kier molecular flexibility index (Phi) is 5.60. The molecule has 2 fully saturated rings. The van der Waals surface area contributed by atoms with Crippen LogP contribution in [0.4, 0.5) is 0 Å². The first-order valence-electron chi connectivity index (χ1n) is 7.41. The number of hydrogen-bond donors (Lipinski definition) is 2. The van der Waals surface area contributed by atoms with Gasteiger partial charge in [-0.15, -0.1) is 0 Å². The highest BCUT2D eigenvalue weighted by Crippen LogP contribution is 2.27. The van der Waals surface area contributed by atoms with Crippen LogP contribution in [0.3, 0.4) is 0 Å². The van der Waals surface area contributed by atoms with Gasteiger partial charge in [0.15, 0.2) is 6.29 Å². The quantitative estimate of drug-likeness (QED) is 0.786. The standard InChI is InChI=1S/C14H26N2O3/c1-18-14-12(7-8-19-14)16-13(17)11(15)9-10-5-3-2-4-6-10/h10-12,14H,2-9,15H2,1H3,(H,16,17)/t11-,12-,14?/m0/s1. The molecule has 0 aromatic heterocycles. The number of nitrogens with one attached hydrogen (secondary N) is 1. The lowest BCUT2D eigenvalue weighted by molar-refractivity contribution is -0.129. The second kappa shape index (κ2) is 7.22. The van der Waals surface area contributed by atoms with Crippen LogP contribution >= 0.6 is 0 Å². The van der Waals surface area contributed by atoms with E-state index >= 15 is 0 Å². The molecule has 1 heterocycles. The molecule has 1 aliphatic heterocycles. The molecular formula is C14H26N2O3. The molecule has 1 saturated heterocycles. The fraction of sp³-hybridized carbons (Fsp3) is 0.929. The monoisotopic (exact) mass is 270 g/mol. The van der Waals surface area contributed by atoms with Crippen molar-refractivity contribution in [2.24, 2.45) is 11.7 Å². The number of methoxy groups -OCH3 is 1. The first kappa shape index (κ1) is 14.8. The summed E-state index contributed by atoms with van der Waals surface area (Å²) in [6.07, 6.45) is 7.58. The molecule has 0 bridgehead atoms. The summed E-state index contributed by atoms with van der Waals surface area (Å²) < 4.78 is 10.5. The largest absolute Gasteiger partial charge is 0.354 e. The van der Waals surface area contributed by atoms with Crippen LogP contribution in [0.2, 0.25) is 0 Å². The van der Waals surface area contributed by atoms with E-state index in [1.807, 2.05) is 0 Å². The number of hydrogen-bond acceptors (Lipinski definition) is 4. The van der Waals surface area contributed by atoms with Gasteiger partial charge in [-0.2, -0.15) is 0 Å². The van der Waals surface area contributed by atoms with Gasteiger partial charge < -0.3 is 20.5 Å². The highest BCUT2D eigenvalue weighted by molar-refractivity contribution is 5.81. The third kappa shape index (κ3) is 4.16. The predicted molar refractivity (Wildman–Crippen MR) is 72.5 cm³/mol. The zero-order chi connectivity index (χ0) is 13.7. The van der Waals surface area contributed by atoms with Gasteiger partial charge in [0.1, 0.15) is 0 Å². The molecule has 2 aliphatic rings. The average Bonchev–Trinajstić information content (AvgIpc) is 2.87. The fourth-order valence-corrected chi connectivity index (χ4v) is 3.11. The van der Waals surface area contributed by atoms with Crippen molar-refractivity contribution in [3.8, 4) is 0 Å². The molecule has 2 rings (SSSR count). The number of ether oxygens (including phenoxy) is 2. The minimum Gasteiger partial charge on any atom is -0.354 e. The zero-order valence-electron chi connectivity index (χ0n) is 11.8. The molecule has 3 atom stereocenters. The molecule has 5 nitrogen and oxygen atoms in total. The van der Waals surface area contributed by atoms with Gasteiger partial charge in [-0.1, -0.05) is 32.1 Å². The molecule has 110 valence electrons. The van der Waals surface area contributed by atoms with E-state index in [4.69, 9.17) is 15.2 Å². The summed E-state index contributed by atoms with van der Waals surface area (Å²) in [6, 6.07) is -0.462. The topological polar surface area (TPSA) is 73.6 Å². The summed E-state index contributed by atoms with van der Waals surface area (Å²) >= 11 is 0. The maximum Gasteiger partial charge on any atom is 0.237 e. The molecule has 3 N–H and O–H groups in total. The molecule has 0 aromatic rings.